The molecule has 1 fully saturated rings. The molecule has 7 heteroatoms. The van der Waals surface area contributed by atoms with Crippen molar-refractivity contribution in [1.82, 2.24) is 9.97 Å². The van der Waals surface area contributed by atoms with Crippen molar-refractivity contribution < 1.29 is 14.7 Å². The Morgan fingerprint density at radius 2 is 1.82 bits per heavy atom. The second-order valence-electron chi connectivity index (χ2n) is 7.51. The molecule has 0 saturated heterocycles. The Hall–Kier alpha value is -2.47. The number of aryl methyl sites for hydroxylation is 2. The largest absolute Gasteiger partial charge is 0.481 e. The number of primary amides is 1. The van der Waals surface area contributed by atoms with Crippen LogP contribution in [-0.2, 0) is 4.79 Å². The molecule has 0 spiro atoms. The van der Waals surface area contributed by atoms with E-state index in [0.717, 1.165) is 36.8 Å². The predicted molar refractivity (Wildman–Crippen MR) is 107 cm³/mol. The van der Waals surface area contributed by atoms with Gasteiger partial charge in [-0.25, -0.2) is 4.98 Å². The third-order valence-corrected chi connectivity index (χ3v) is 5.83. The molecule has 0 atom stereocenters. The lowest BCUT2D eigenvalue weighted by Gasteiger charge is -2.28. The molecule has 0 radical (unpaired) electrons. The van der Waals surface area contributed by atoms with Gasteiger partial charge in [-0.1, -0.05) is 23.7 Å². The fraction of sp³-hybridized carbons (Fsp3) is 0.429. The summed E-state index contributed by atoms with van der Waals surface area (Å²) in [5, 5.41) is 9.62. The summed E-state index contributed by atoms with van der Waals surface area (Å²) in [5.41, 5.74) is 9.25. The molecule has 1 aromatic carbocycles. The summed E-state index contributed by atoms with van der Waals surface area (Å²) in [4.78, 5) is 31.3. The molecular weight excluding hydrogens is 378 g/mol. The van der Waals surface area contributed by atoms with Crippen molar-refractivity contribution in [2.75, 3.05) is 0 Å². The van der Waals surface area contributed by atoms with E-state index in [9.17, 15) is 9.59 Å². The molecule has 1 saturated carbocycles. The van der Waals surface area contributed by atoms with Crippen LogP contribution >= 0.6 is 11.6 Å². The van der Waals surface area contributed by atoms with Crippen LogP contribution in [0.1, 0.15) is 65.5 Å². The van der Waals surface area contributed by atoms with E-state index in [0.29, 0.717) is 28.0 Å². The molecule has 3 N–H and O–H groups in total. The van der Waals surface area contributed by atoms with Gasteiger partial charge in [0, 0.05) is 17.0 Å². The van der Waals surface area contributed by atoms with Gasteiger partial charge in [-0.3, -0.25) is 14.6 Å². The van der Waals surface area contributed by atoms with Crippen molar-refractivity contribution >= 4 is 23.5 Å². The fourth-order valence-corrected chi connectivity index (χ4v) is 4.40. The second-order valence-corrected chi connectivity index (χ2v) is 7.91. The quantitative estimate of drug-likeness (QED) is 0.778. The molecule has 1 aliphatic carbocycles. The highest BCUT2D eigenvalue weighted by Crippen LogP contribution is 2.40. The summed E-state index contributed by atoms with van der Waals surface area (Å²) in [6, 6.07) is 5.81. The van der Waals surface area contributed by atoms with E-state index in [4.69, 9.17) is 22.4 Å². The zero-order valence-corrected chi connectivity index (χ0v) is 16.8. The van der Waals surface area contributed by atoms with Gasteiger partial charge in [0.15, 0.2) is 0 Å². The monoisotopic (exact) mass is 401 g/mol. The number of aliphatic carboxylic acids is 1. The molecule has 0 bridgehead atoms. The minimum absolute atomic E-state index is 0.164. The lowest BCUT2D eigenvalue weighted by Crippen LogP contribution is -2.17. The van der Waals surface area contributed by atoms with Crippen LogP contribution in [0.5, 0.6) is 0 Å². The van der Waals surface area contributed by atoms with Gasteiger partial charge in [0.25, 0.3) is 5.91 Å². The average Bonchev–Trinajstić information content (AvgIpc) is 2.62. The Bertz CT molecular complexity index is 921. The van der Waals surface area contributed by atoms with E-state index in [-0.39, 0.29) is 18.0 Å². The highest BCUT2D eigenvalue weighted by atomic mass is 35.5. The summed E-state index contributed by atoms with van der Waals surface area (Å²) in [5.74, 6) is -0.745. The highest BCUT2D eigenvalue weighted by Gasteiger charge is 2.25. The standard InChI is InChI=1S/C21H24ClN3O3/c1-11-19(25-20(21(23)28)12(2)24-11)15-7-8-16(17(22)10-15)14-5-3-13(4-6-14)9-18(26)27/h7-8,10,13-14H,3-6,9H2,1-2H3,(H2,23,28)(H,26,27)/t13-,14-. The van der Waals surface area contributed by atoms with Gasteiger partial charge in [-0.15, -0.1) is 0 Å². The minimum Gasteiger partial charge on any atom is -0.481 e. The number of rotatable bonds is 5. The SMILES string of the molecule is Cc1nc(C)c(-c2ccc([C@H]3CC[C@H](CC(=O)O)CC3)c(Cl)c2)nc1C(N)=O. The first-order valence-corrected chi connectivity index (χ1v) is 9.80. The molecule has 28 heavy (non-hydrogen) atoms. The molecule has 1 amide bonds. The van der Waals surface area contributed by atoms with Crippen LogP contribution in [-0.4, -0.2) is 27.0 Å². The maximum Gasteiger partial charge on any atom is 0.303 e. The Morgan fingerprint density at radius 3 is 2.39 bits per heavy atom. The number of hydrogen-bond acceptors (Lipinski definition) is 4. The van der Waals surface area contributed by atoms with Crippen LogP contribution in [0.2, 0.25) is 5.02 Å². The lowest BCUT2D eigenvalue weighted by molar-refractivity contribution is -0.138. The van der Waals surface area contributed by atoms with Crippen molar-refractivity contribution in [3.8, 4) is 11.3 Å². The molecule has 0 unspecified atom stereocenters. The maximum absolute atomic E-state index is 11.6. The van der Waals surface area contributed by atoms with Gasteiger partial charge >= 0.3 is 5.97 Å². The lowest BCUT2D eigenvalue weighted by atomic mass is 9.77. The third-order valence-electron chi connectivity index (χ3n) is 5.50. The maximum atomic E-state index is 11.6. The Balaban J connectivity index is 1.83. The van der Waals surface area contributed by atoms with Crippen molar-refractivity contribution in [2.24, 2.45) is 11.7 Å². The summed E-state index contributed by atoms with van der Waals surface area (Å²) in [6.45, 7) is 3.55. The van der Waals surface area contributed by atoms with Crippen LogP contribution < -0.4 is 5.73 Å². The van der Waals surface area contributed by atoms with Crippen LogP contribution in [0.25, 0.3) is 11.3 Å². The number of carboxylic acid groups (broad SMARTS) is 1. The number of carbonyl (C=O) groups is 2. The second kappa shape index (κ2) is 8.27. The Kier molecular flexibility index (Phi) is 5.98. The first kappa shape index (κ1) is 20.3. The van der Waals surface area contributed by atoms with E-state index in [1.807, 2.05) is 25.1 Å². The first-order valence-electron chi connectivity index (χ1n) is 9.43. The number of carboxylic acids is 1. The van der Waals surface area contributed by atoms with Crippen LogP contribution in [0.4, 0.5) is 0 Å². The number of hydrogen-bond donors (Lipinski definition) is 2. The Morgan fingerprint density at radius 1 is 1.14 bits per heavy atom. The van der Waals surface area contributed by atoms with E-state index in [1.54, 1.807) is 6.92 Å². The average molecular weight is 402 g/mol. The predicted octanol–water partition coefficient (Wildman–Crippen LogP) is 4.26. The van der Waals surface area contributed by atoms with Crippen LogP contribution in [0, 0.1) is 19.8 Å². The molecule has 3 rings (SSSR count). The number of benzene rings is 1. The zero-order chi connectivity index (χ0) is 20.4. The van der Waals surface area contributed by atoms with Gasteiger partial charge in [0.2, 0.25) is 0 Å². The van der Waals surface area contributed by atoms with Crippen LogP contribution in [0.3, 0.4) is 0 Å². The Labute approximate surface area is 169 Å². The minimum atomic E-state index is -0.726. The van der Waals surface area contributed by atoms with Crippen molar-refractivity contribution in [3.05, 3.63) is 45.9 Å². The summed E-state index contributed by atoms with van der Waals surface area (Å²) >= 11 is 6.59. The van der Waals surface area contributed by atoms with Gasteiger partial charge in [-0.2, -0.15) is 0 Å². The van der Waals surface area contributed by atoms with Crippen molar-refractivity contribution in [3.63, 3.8) is 0 Å². The van der Waals surface area contributed by atoms with Crippen molar-refractivity contribution in [2.45, 2.75) is 51.9 Å². The fourth-order valence-electron chi connectivity index (χ4n) is 4.07. The van der Waals surface area contributed by atoms with Gasteiger partial charge < -0.3 is 10.8 Å². The zero-order valence-electron chi connectivity index (χ0n) is 16.0. The molecule has 0 aliphatic heterocycles. The number of nitrogens with two attached hydrogens (primary N) is 1. The number of halogens is 1. The molecule has 2 aromatic rings. The van der Waals surface area contributed by atoms with Gasteiger partial charge in [0.1, 0.15) is 5.69 Å². The first-order chi connectivity index (χ1) is 13.3. The number of aromatic nitrogens is 2. The topological polar surface area (TPSA) is 106 Å². The molecule has 148 valence electrons. The summed E-state index contributed by atoms with van der Waals surface area (Å²) < 4.78 is 0. The summed E-state index contributed by atoms with van der Waals surface area (Å²) in [7, 11) is 0. The normalized spacial score (nSPS) is 19.4. The number of amides is 1. The molecular formula is C21H24ClN3O3. The van der Waals surface area contributed by atoms with E-state index in [2.05, 4.69) is 9.97 Å². The van der Waals surface area contributed by atoms with E-state index in [1.165, 1.54) is 0 Å². The molecule has 1 heterocycles. The number of carbonyl (C=O) groups excluding carboxylic acids is 1. The smallest absolute Gasteiger partial charge is 0.303 e. The number of nitrogens with zero attached hydrogens (tertiary/aromatic N) is 2. The van der Waals surface area contributed by atoms with Gasteiger partial charge in [0.05, 0.1) is 17.1 Å². The third kappa shape index (κ3) is 4.33. The van der Waals surface area contributed by atoms with Crippen molar-refractivity contribution in [1.29, 1.82) is 0 Å². The van der Waals surface area contributed by atoms with E-state index < -0.39 is 11.9 Å². The molecule has 1 aromatic heterocycles. The molecule has 6 nitrogen and oxygen atoms in total. The molecule has 1 aliphatic rings. The van der Waals surface area contributed by atoms with Gasteiger partial charge in [-0.05, 0) is 63.0 Å². The summed E-state index contributed by atoms with van der Waals surface area (Å²) in [6.07, 6.45) is 3.92. The van der Waals surface area contributed by atoms with E-state index >= 15 is 0 Å². The van der Waals surface area contributed by atoms with Crippen LogP contribution in [0.15, 0.2) is 18.2 Å². The highest BCUT2D eigenvalue weighted by molar-refractivity contribution is 6.31.